The predicted octanol–water partition coefficient (Wildman–Crippen LogP) is 4.79. The molecule has 0 amide bonds. The van der Waals surface area contributed by atoms with Gasteiger partial charge in [0, 0.05) is 18.2 Å². The van der Waals surface area contributed by atoms with Gasteiger partial charge in [0.25, 0.3) is 0 Å². The third-order valence-electron chi connectivity index (χ3n) is 3.32. The summed E-state index contributed by atoms with van der Waals surface area (Å²) in [5.41, 5.74) is 2.32. The Labute approximate surface area is 132 Å². The van der Waals surface area contributed by atoms with Crippen LogP contribution in [-0.4, -0.2) is 22.5 Å². The van der Waals surface area contributed by atoms with Crippen LogP contribution in [0.3, 0.4) is 0 Å². The van der Waals surface area contributed by atoms with Crippen LogP contribution in [0.15, 0.2) is 66.7 Å². The molecule has 21 heavy (non-hydrogen) atoms. The molecular weight excluding hydrogens is 274 g/mol. The Morgan fingerprint density at radius 1 is 1.00 bits per heavy atom. The van der Waals surface area contributed by atoms with E-state index in [1.54, 1.807) is 0 Å². The van der Waals surface area contributed by atoms with Crippen molar-refractivity contribution >= 4 is 23.3 Å². The van der Waals surface area contributed by atoms with E-state index in [2.05, 4.69) is 67.3 Å². The molecule has 0 aliphatic heterocycles. The van der Waals surface area contributed by atoms with E-state index < -0.39 is 0 Å². The molecule has 0 aliphatic carbocycles. The van der Waals surface area contributed by atoms with Crippen LogP contribution < -0.4 is 0 Å². The Kier molecular flexibility index (Phi) is 5.70. The molecule has 0 saturated carbocycles. The number of nitrogens with zero attached hydrogens (tertiary/aromatic N) is 1. The summed E-state index contributed by atoms with van der Waals surface area (Å²) in [6.07, 6.45) is 4.31. The van der Waals surface area contributed by atoms with Crippen molar-refractivity contribution in [2.45, 2.75) is 19.9 Å². The number of benzene rings is 2. The first-order chi connectivity index (χ1) is 10.2. The van der Waals surface area contributed by atoms with Crippen LogP contribution in [-0.2, 0) is 0 Å². The minimum absolute atomic E-state index is 0.373. The maximum absolute atomic E-state index is 5.64. The van der Waals surface area contributed by atoms with E-state index in [4.69, 9.17) is 12.2 Å². The normalized spacial score (nSPS) is 11.0. The quantitative estimate of drug-likeness (QED) is 0.730. The van der Waals surface area contributed by atoms with Gasteiger partial charge in [0.05, 0.1) is 0 Å². The molecule has 2 heteroatoms. The van der Waals surface area contributed by atoms with Gasteiger partial charge in [-0.25, -0.2) is 0 Å². The predicted molar refractivity (Wildman–Crippen MR) is 95.5 cm³/mol. The van der Waals surface area contributed by atoms with E-state index in [-0.39, 0.29) is 0 Å². The van der Waals surface area contributed by atoms with Gasteiger partial charge in [0.2, 0.25) is 0 Å². The zero-order valence-electron chi connectivity index (χ0n) is 12.6. The van der Waals surface area contributed by atoms with Crippen molar-refractivity contribution in [3.05, 3.63) is 77.9 Å². The molecule has 2 aromatic carbocycles. The standard InChI is InChI=1S/C19H21NS/c1-16(2)20(19(21)18-13-7-4-8-14-18)15-9-12-17-10-5-3-6-11-17/h3-14,16H,15H2,1-2H3/b12-9-. The summed E-state index contributed by atoms with van der Waals surface area (Å²) in [4.78, 5) is 3.15. The highest BCUT2D eigenvalue weighted by atomic mass is 32.1. The van der Waals surface area contributed by atoms with E-state index in [9.17, 15) is 0 Å². The Morgan fingerprint density at radius 2 is 1.57 bits per heavy atom. The SMILES string of the molecule is CC(C)N(C/C=C\c1ccccc1)C(=S)c1ccccc1. The first-order valence-corrected chi connectivity index (χ1v) is 7.67. The highest BCUT2D eigenvalue weighted by molar-refractivity contribution is 7.80. The van der Waals surface area contributed by atoms with Gasteiger partial charge >= 0.3 is 0 Å². The lowest BCUT2D eigenvalue weighted by Gasteiger charge is -2.28. The molecule has 0 spiro atoms. The zero-order valence-corrected chi connectivity index (χ0v) is 13.4. The summed E-state index contributed by atoms with van der Waals surface area (Å²) >= 11 is 5.64. The molecule has 0 fully saturated rings. The number of hydrogen-bond donors (Lipinski definition) is 0. The molecule has 2 aromatic rings. The largest absolute Gasteiger partial charge is 0.356 e. The number of rotatable bonds is 5. The molecule has 1 nitrogen and oxygen atoms in total. The van der Waals surface area contributed by atoms with E-state index in [1.165, 1.54) is 5.56 Å². The molecule has 0 atom stereocenters. The first-order valence-electron chi connectivity index (χ1n) is 7.26. The topological polar surface area (TPSA) is 3.24 Å². The minimum atomic E-state index is 0.373. The van der Waals surface area contributed by atoms with E-state index in [1.807, 2.05) is 24.3 Å². The van der Waals surface area contributed by atoms with Crippen LogP contribution in [0.5, 0.6) is 0 Å². The Hall–Kier alpha value is -1.93. The molecule has 0 radical (unpaired) electrons. The summed E-state index contributed by atoms with van der Waals surface area (Å²) in [5.74, 6) is 0. The first kappa shape index (κ1) is 15.5. The fourth-order valence-electron chi connectivity index (χ4n) is 2.14. The van der Waals surface area contributed by atoms with Crippen molar-refractivity contribution < 1.29 is 0 Å². The van der Waals surface area contributed by atoms with Crippen molar-refractivity contribution in [3.8, 4) is 0 Å². The number of hydrogen-bond acceptors (Lipinski definition) is 1. The third kappa shape index (κ3) is 4.54. The Bertz CT molecular complexity index is 587. The second-order valence-electron chi connectivity index (χ2n) is 5.23. The molecule has 0 aliphatic rings. The second-order valence-corrected chi connectivity index (χ2v) is 5.62. The maximum Gasteiger partial charge on any atom is 0.109 e. The lowest BCUT2D eigenvalue weighted by atomic mass is 10.1. The monoisotopic (exact) mass is 295 g/mol. The molecular formula is C19H21NS. The summed E-state index contributed by atoms with van der Waals surface area (Å²) in [7, 11) is 0. The van der Waals surface area contributed by atoms with Crippen molar-refractivity contribution in [3.63, 3.8) is 0 Å². The van der Waals surface area contributed by atoms with Gasteiger partial charge < -0.3 is 4.90 Å². The molecule has 0 bridgehead atoms. The molecule has 0 heterocycles. The summed E-state index contributed by atoms with van der Waals surface area (Å²) in [6, 6.07) is 20.9. The van der Waals surface area contributed by atoms with Crippen LogP contribution in [0.4, 0.5) is 0 Å². The average Bonchev–Trinajstić information content (AvgIpc) is 2.52. The Morgan fingerprint density at radius 3 is 2.14 bits per heavy atom. The highest BCUT2D eigenvalue weighted by Gasteiger charge is 2.13. The fraction of sp³-hybridized carbons (Fsp3) is 0.211. The van der Waals surface area contributed by atoms with Gasteiger partial charge in [-0.1, -0.05) is 85.0 Å². The van der Waals surface area contributed by atoms with Crippen LogP contribution in [0.25, 0.3) is 6.08 Å². The van der Waals surface area contributed by atoms with Crippen molar-refractivity contribution in [1.29, 1.82) is 0 Å². The maximum atomic E-state index is 5.64. The smallest absolute Gasteiger partial charge is 0.109 e. The molecule has 0 unspecified atom stereocenters. The van der Waals surface area contributed by atoms with Crippen molar-refractivity contribution in [2.75, 3.05) is 6.54 Å². The number of thiocarbonyl (C=S) groups is 1. The molecule has 108 valence electrons. The summed E-state index contributed by atoms with van der Waals surface area (Å²) < 4.78 is 0. The van der Waals surface area contributed by atoms with Gasteiger partial charge in [0.15, 0.2) is 0 Å². The lowest BCUT2D eigenvalue weighted by Crippen LogP contribution is -2.36. The molecule has 2 rings (SSSR count). The second kappa shape index (κ2) is 7.75. The summed E-state index contributed by atoms with van der Waals surface area (Å²) in [5, 5.41) is 0. The van der Waals surface area contributed by atoms with Crippen LogP contribution in [0, 0.1) is 0 Å². The molecule has 0 N–H and O–H groups in total. The van der Waals surface area contributed by atoms with Crippen molar-refractivity contribution in [1.82, 2.24) is 4.90 Å². The Balaban J connectivity index is 2.06. The van der Waals surface area contributed by atoms with Gasteiger partial charge in [0.1, 0.15) is 4.99 Å². The molecule has 0 aromatic heterocycles. The van der Waals surface area contributed by atoms with Gasteiger partial charge in [-0.2, -0.15) is 0 Å². The van der Waals surface area contributed by atoms with Crippen LogP contribution in [0.1, 0.15) is 25.0 Å². The van der Waals surface area contributed by atoms with E-state index in [0.29, 0.717) is 6.04 Å². The van der Waals surface area contributed by atoms with Gasteiger partial charge in [-0.3, -0.25) is 0 Å². The molecule has 0 saturated heterocycles. The van der Waals surface area contributed by atoms with Gasteiger partial charge in [-0.15, -0.1) is 0 Å². The van der Waals surface area contributed by atoms with E-state index >= 15 is 0 Å². The lowest BCUT2D eigenvalue weighted by molar-refractivity contribution is 0.390. The minimum Gasteiger partial charge on any atom is -0.356 e. The summed E-state index contributed by atoms with van der Waals surface area (Å²) in [6.45, 7) is 5.16. The fourth-order valence-corrected chi connectivity index (χ4v) is 2.56. The van der Waals surface area contributed by atoms with E-state index in [0.717, 1.165) is 17.1 Å². The average molecular weight is 295 g/mol. The van der Waals surface area contributed by atoms with Gasteiger partial charge in [-0.05, 0) is 19.4 Å². The van der Waals surface area contributed by atoms with Crippen LogP contribution >= 0.6 is 12.2 Å². The third-order valence-corrected chi connectivity index (χ3v) is 3.79. The highest BCUT2D eigenvalue weighted by Crippen LogP contribution is 2.10. The van der Waals surface area contributed by atoms with Crippen LogP contribution in [0.2, 0.25) is 0 Å². The van der Waals surface area contributed by atoms with Crippen molar-refractivity contribution in [2.24, 2.45) is 0 Å². The zero-order chi connectivity index (χ0) is 15.1.